The van der Waals surface area contributed by atoms with Gasteiger partial charge < -0.3 is 10.6 Å². The van der Waals surface area contributed by atoms with Crippen LogP contribution < -0.4 is 10.6 Å². The highest BCUT2D eigenvalue weighted by Gasteiger charge is 2.42. The minimum atomic E-state index is -4.98. The Labute approximate surface area is 109 Å². The number of nitrogens with one attached hydrogen (secondary N) is 2. The third-order valence-electron chi connectivity index (χ3n) is 2.91. The Kier molecular flexibility index (Phi) is 4.87. The Hall–Kier alpha value is -1.48. The molecule has 0 unspecified atom stereocenters. The topological polar surface area (TPSA) is 58.2 Å². The normalized spacial score (nSPS) is 24.1. The van der Waals surface area contributed by atoms with Crippen molar-refractivity contribution in [3.8, 4) is 0 Å². The van der Waals surface area contributed by atoms with Crippen LogP contribution in [0.2, 0.25) is 0 Å². The van der Waals surface area contributed by atoms with Crippen LogP contribution in [-0.4, -0.2) is 36.3 Å². The maximum Gasteiger partial charge on any atom is 0.471 e. The lowest BCUT2D eigenvalue weighted by molar-refractivity contribution is -0.175. The summed E-state index contributed by atoms with van der Waals surface area (Å²) in [7, 11) is 0. The molecule has 0 radical (unpaired) electrons. The summed E-state index contributed by atoms with van der Waals surface area (Å²) in [5, 5.41) is 3.53. The van der Waals surface area contributed by atoms with Crippen LogP contribution in [0, 0.1) is 0 Å². The highest BCUT2D eigenvalue weighted by Crippen LogP contribution is 2.23. The Balaban J connectivity index is 2.37. The molecule has 20 heavy (non-hydrogen) atoms. The van der Waals surface area contributed by atoms with Crippen molar-refractivity contribution in [3.05, 3.63) is 0 Å². The fourth-order valence-corrected chi connectivity index (χ4v) is 1.92. The van der Waals surface area contributed by atoms with Crippen molar-refractivity contribution < 1.29 is 35.9 Å². The minimum Gasteiger partial charge on any atom is -0.346 e. The predicted octanol–water partition coefficient (Wildman–Crippen LogP) is 1.65. The van der Waals surface area contributed by atoms with Gasteiger partial charge in [0.2, 0.25) is 0 Å². The van der Waals surface area contributed by atoms with Crippen molar-refractivity contribution in [1.29, 1.82) is 0 Å². The van der Waals surface area contributed by atoms with E-state index < -0.39 is 36.3 Å². The van der Waals surface area contributed by atoms with E-state index in [1.165, 1.54) is 0 Å². The monoisotopic (exact) mass is 306 g/mol. The Bertz CT molecular complexity index is 335. The molecule has 1 rings (SSSR count). The average Bonchev–Trinajstić information content (AvgIpc) is 2.29. The molecule has 0 atom stereocenters. The third kappa shape index (κ3) is 4.89. The SMILES string of the molecule is O=C(NC1CCC(NC(=O)C(F)(F)F)CC1)C(F)(F)F. The summed E-state index contributed by atoms with van der Waals surface area (Å²) in [4.78, 5) is 21.3. The summed E-state index contributed by atoms with van der Waals surface area (Å²) in [5.74, 6) is -4.14. The van der Waals surface area contributed by atoms with Gasteiger partial charge in [0.1, 0.15) is 0 Å². The molecule has 0 saturated heterocycles. The molecule has 1 saturated carbocycles. The van der Waals surface area contributed by atoms with Crippen molar-refractivity contribution in [2.75, 3.05) is 0 Å². The first kappa shape index (κ1) is 16.6. The van der Waals surface area contributed by atoms with Crippen LogP contribution >= 0.6 is 0 Å². The summed E-state index contributed by atoms with van der Waals surface area (Å²) in [6.07, 6.45) is -9.67. The summed E-state index contributed by atoms with van der Waals surface area (Å²) in [6.45, 7) is 0. The molecule has 2 N–H and O–H groups in total. The van der Waals surface area contributed by atoms with Crippen molar-refractivity contribution >= 4 is 11.8 Å². The molecule has 0 spiro atoms. The number of halogens is 6. The van der Waals surface area contributed by atoms with Gasteiger partial charge in [0.15, 0.2) is 0 Å². The van der Waals surface area contributed by atoms with Crippen LogP contribution in [-0.2, 0) is 9.59 Å². The molecule has 0 bridgehead atoms. The maximum absolute atomic E-state index is 12.0. The Morgan fingerprint density at radius 1 is 0.700 bits per heavy atom. The second kappa shape index (κ2) is 5.88. The van der Waals surface area contributed by atoms with Gasteiger partial charge >= 0.3 is 24.2 Å². The molecule has 0 aliphatic heterocycles. The first-order valence-corrected chi connectivity index (χ1v) is 5.75. The van der Waals surface area contributed by atoms with Gasteiger partial charge in [-0.15, -0.1) is 0 Å². The fraction of sp³-hybridized carbons (Fsp3) is 0.800. The molecule has 1 aliphatic rings. The molecule has 10 heteroatoms. The molecule has 1 aliphatic carbocycles. The van der Waals surface area contributed by atoms with E-state index in [-0.39, 0.29) is 25.7 Å². The highest BCUT2D eigenvalue weighted by molar-refractivity contribution is 5.82. The molecule has 116 valence electrons. The van der Waals surface area contributed by atoms with Gasteiger partial charge in [0.25, 0.3) is 0 Å². The zero-order chi connectivity index (χ0) is 15.6. The van der Waals surface area contributed by atoms with Gasteiger partial charge in [-0.2, -0.15) is 26.3 Å². The van der Waals surface area contributed by atoms with Gasteiger partial charge in [0, 0.05) is 12.1 Å². The molecular formula is C10H12F6N2O2. The molecule has 0 heterocycles. The molecule has 0 aromatic heterocycles. The van der Waals surface area contributed by atoms with E-state index >= 15 is 0 Å². The van der Waals surface area contributed by atoms with Crippen molar-refractivity contribution in [2.24, 2.45) is 0 Å². The van der Waals surface area contributed by atoms with Crippen LogP contribution in [0.15, 0.2) is 0 Å². The number of alkyl halides is 6. The fourth-order valence-electron chi connectivity index (χ4n) is 1.92. The highest BCUT2D eigenvalue weighted by atomic mass is 19.4. The summed E-state index contributed by atoms with van der Waals surface area (Å²) in [5.41, 5.74) is 0. The minimum absolute atomic E-state index is 0.0740. The predicted molar refractivity (Wildman–Crippen MR) is 54.4 cm³/mol. The van der Waals surface area contributed by atoms with E-state index in [1.54, 1.807) is 10.6 Å². The second-order valence-electron chi connectivity index (χ2n) is 4.49. The van der Waals surface area contributed by atoms with Crippen molar-refractivity contribution in [2.45, 2.75) is 50.1 Å². The van der Waals surface area contributed by atoms with Gasteiger partial charge in [-0.25, -0.2) is 0 Å². The van der Waals surface area contributed by atoms with E-state index in [0.717, 1.165) is 0 Å². The van der Waals surface area contributed by atoms with Gasteiger partial charge in [-0.1, -0.05) is 0 Å². The third-order valence-corrected chi connectivity index (χ3v) is 2.91. The number of carbonyl (C=O) groups excluding carboxylic acids is 2. The van der Waals surface area contributed by atoms with Crippen LogP contribution in [0.5, 0.6) is 0 Å². The first-order valence-electron chi connectivity index (χ1n) is 5.75. The van der Waals surface area contributed by atoms with Crippen LogP contribution in [0.3, 0.4) is 0 Å². The van der Waals surface area contributed by atoms with Gasteiger partial charge in [-0.05, 0) is 25.7 Å². The van der Waals surface area contributed by atoms with Crippen LogP contribution in [0.1, 0.15) is 25.7 Å². The van der Waals surface area contributed by atoms with E-state index in [1.807, 2.05) is 0 Å². The van der Waals surface area contributed by atoms with E-state index in [4.69, 9.17) is 0 Å². The first-order chi connectivity index (χ1) is 9.00. The molecule has 0 aromatic carbocycles. The Morgan fingerprint density at radius 2 is 0.950 bits per heavy atom. The number of hydrogen-bond acceptors (Lipinski definition) is 2. The Morgan fingerprint density at radius 3 is 1.15 bits per heavy atom. The number of hydrogen-bond donors (Lipinski definition) is 2. The largest absolute Gasteiger partial charge is 0.471 e. The number of carbonyl (C=O) groups is 2. The zero-order valence-electron chi connectivity index (χ0n) is 10.1. The molecular weight excluding hydrogens is 294 g/mol. The van der Waals surface area contributed by atoms with Crippen LogP contribution in [0.4, 0.5) is 26.3 Å². The van der Waals surface area contributed by atoms with Crippen molar-refractivity contribution in [3.63, 3.8) is 0 Å². The van der Waals surface area contributed by atoms with E-state index in [2.05, 4.69) is 0 Å². The quantitative estimate of drug-likeness (QED) is 0.762. The molecule has 4 nitrogen and oxygen atoms in total. The van der Waals surface area contributed by atoms with Crippen molar-refractivity contribution in [1.82, 2.24) is 10.6 Å². The number of rotatable bonds is 2. The summed E-state index contributed by atoms with van der Waals surface area (Å²) in [6, 6.07) is -1.49. The maximum atomic E-state index is 12.0. The van der Waals surface area contributed by atoms with Gasteiger partial charge in [0.05, 0.1) is 0 Å². The second-order valence-corrected chi connectivity index (χ2v) is 4.49. The summed E-state index contributed by atoms with van der Waals surface area (Å²) < 4.78 is 71.9. The lowest BCUT2D eigenvalue weighted by atomic mass is 9.91. The lowest BCUT2D eigenvalue weighted by Gasteiger charge is -2.30. The zero-order valence-corrected chi connectivity index (χ0v) is 10.1. The average molecular weight is 306 g/mol. The standard InChI is InChI=1S/C10H12F6N2O2/c11-9(12,13)7(19)17-5-1-2-6(4-3-5)18-8(20)10(14,15)16/h5-6H,1-4H2,(H,17,19)(H,18,20). The molecule has 2 amide bonds. The van der Waals surface area contributed by atoms with Gasteiger partial charge in [-0.3, -0.25) is 9.59 Å². The van der Waals surface area contributed by atoms with E-state index in [0.29, 0.717) is 0 Å². The van der Waals surface area contributed by atoms with Crippen LogP contribution in [0.25, 0.3) is 0 Å². The molecule has 0 aromatic rings. The smallest absolute Gasteiger partial charge is 0.346 e. The number of amides is 2. The lowest BCUT2D eigenvalue weighted by Crippen LogP contribution is -2.49. The summed E-state index contributed by atoms with van der Waals surface area (Å²) >= 11 is 0. The molecule has 1 fully saturated rings. The van der Waals surface area contributed by atoms with E-state index in [9.17, 15) is 35.9 Å².